The van der Waals surface area contributed by atoms with Crippen LogP contribution < -0.4 is 5.32 Å². The van der Waals surface area contributed by atoms with E-state index in [0.29, 0.717) is 6.42 Å². The van der Waals surface area contributed by atoms with E-state index in [-0.39, 0.29) is 30.6 Å². The van der Waals surface area contributed by atoms with Crippen molar-refractivity contribution in [2.75, 3.05) is 6.54 Å². The maximum absolute atomic E-state index is 14.8. The third kappa shape index (κ3) is 4.02. The van der Waals surface area contributed by atoms with E-state index in [2.05, 4.69) is 0 Å². The maximum atomic E-state index is 14.8. The third-order valence-corrected chi connectivity index (χ3v) is 6.35. The van der Waals surface area contributed by atoms with E-state index in [1.807, 2.05) is 23.5 Å². The number of hydrogen-bond acceptors (Lipinski definition) is 3. The van der Waals surface area contributed by atoms with Crippen LogP contribution >= 0.6 is 0 Å². The fraction of sp³-hybridized carbons (Fsp3) is 0.346. The molecule has 0 spiro atoms. The van der Waals surface area contributed by atoms with E-state index in [1.165, 1.54) is 24.3 Å². The number of carbonyl (C=O) groups is 3. The van der Waals surface area contributed by atoms with Gasteiger partial charge in [0.2, 0.25) is 5.54 Å². The number of ketones is 1. The second kappa shape index (κ2) is 8.42. The molecular formula is C26H25F3N2O3. The van der Waals surface area contributed by atoms with Gasteiger partial charge in [0, 0.05) is 24.2 Å². The second-order valence-electron chi connectivity index (χ2n) is 9.52. The topological polar surface area (TPSA) is 66.5 Å². The van der Waals surface area contributed by atoms with Gasteiger partial charge in [0.05, 0.1) is 5.57 Å². The van der Waals surface area contributed by atoms with Gasteiger partial charge in [-0.15, -0.1) is 0 Å². The lowest BCUT2D eigenvalue weighted by molar-refractivity contribution is -0.190. The molecule has 2 aromatic rings. The Morgan fingerprint density at radius 2 is 1.56 bits per heavy atom. The number of halogens is 3. The highest BCUT2D eigenvalue weighted by atomic mass is 19.4. The van der Waals surface area contributed by atoms with Crippen molar-refractivity contribution in [2.45, 2.75) is 44.8 Å². The van der Waals surface area contributed by atoms with Crippen LogP contribution in [0.4, 0.5) is 13.2 Å². The van der Waals surface area contributed by atoms with Crippen molar-refractivity contribution >= 4 is 17.6 Å². The first kappa shape index (κ1) is 23.7. The normalized spacial score (nSPS) is 22.1. The molecule has 2 aliphatic rings. The summed E-state index contributed by atoms with van der Waals surface area (Å²) in [6.07, 6.45) is -4.94. The number of hydrogen-bond donors (Lipinski definition) is 1. The predicted octanol–water partition coefficient (Wildman–Crippen LogP) is 4.45. The van der Waals surface area contributed by atoms with Gasteiger partial charge in [0.1, 0.15) is 0 Å². The standard InChI is InChI=1S/C26H25F3N2O3/c1-24(2)15-19-21(20(32)16-24)25(26(27,28)29,30-22(33)18-11-7-4-8-12-18)23(34)31(19)14-13-17-9-5-3-6-10-17/h3-12H,13-16H2,1-2H3,(H,30,33)/t25-/m0/s1. The van der Waals surface area contributed by atoms with Gasteiger partial charge in [-0.05, 0) is 36.0 Å². The van der Waals surface area contributed by atoms with Crippen molar-refractivity contribution in [3.63, 3.8) is 0 Å². The van der Waals surface area contributed by atoms with Gasteiger partial charge >= 0.3 is 6.18 Å². The van der Waals surface area contributed by atoms with Gasteiger partial charge in [-0.1, -0.05) is 62.4 Å². The molecule has 8 heteroatoms. The van der Waals surface area contributed by atoms with Crippen LogP contribution in [0.15, 0.2) is 71.9 Å². The SMILES string of the molecule is CC1(C)CC(=O)C2=C(C1)N(CCc1ccccc1)C(=O)[C@]2(NC(=O)c1ccccc1)C(F)(F)F. The number of carbonyl (C=O) groups excluding carboxylic acids is 3. The molecule has 0 bridgehead atoms. The molecule has 1 aliphatic carbocycles. The number of alkyl halides is 3. The Kier molecular flexibility index (Phi) is 5.87. The minimum atomic E-state index is -5.21. The average molecular weight is 470 g/mol. The highest BCUT2D eigenvalue weighted by molar-refractivity contribution is 6.14. The molecule has 5 nitrogen and oxygen atoms in total. The molecule has 1 aliphatic heterocycles. The van der Waals surface area contributed by atoms with Crippen LogP contribution in [0.25, 0.3) is 0 Å². The number of amides is 2. The zero-order valence-electron chi connectivity index (χ0n) is 18.9. The maximum Gasteiger partial charge on any atom is 0.425 e. The largest absolute Gasteiger partial charge is 0.425 e. The van der Waals surface area contributed by atoms with Crippen molar-refractivity contribution in [3.05, 3.63) is 83.1 Å². The minimum Gasteiger partial charge on any atom is -0.326 e. The van der Waals surface area contributed by atoms with Crippen molar-refractivity contribution in [1.29, 1.82) is 0 Å². The molecular weight excluding hydrogens is 445 g/mol. The molecule has 178 valence electrons. The molecule has 0 aromatic heterocycles. The molecule has 0 unspecified atom stereocenters. The first-order valence-corrected chi connectivity index (χ1v) is 11.0. The highest BCUT2D eigenvalue weighted by Crippen LogP contribution is 2.51. The van der Waals surface area contributed by atoms with Crippen LogP contribution in [0.2, 0.25) is 0 Å². The van der Waals surface area contributed by atoms with Gasteiger partial charge in [0.15, 0.2) is 5.78 Å². The van der Waals surface area contributed by atoms with Gasteiger partial charge < -0.3 is 10.2 Å². The summed E-state index contributed by atoms with van der Waals surface area (Å²) in [6.45, 7) is 3.53. The fourth-order valence-corrected chi connectivity index (χ4v) is 4.78. The molecule has 2 aromatic carbocycles. The molecule has 2 amide bonds. The third-order valence-electron chi connectivity index (χ3n) is 6.35. The van der Waals surface area contributed by atoms with Crippen LogP contribution in [-0.4, -0.2) is 40.8 Å². The Morgan fingerprint density at radius 1 is 0.971 bits per heavy atom. The molecule has 0 radical (unpaired) electrons. The first-order valence-electron chi connectivity index (χ1n) is 11.0. The number of benzene rings is 2. The molecule has 0 saturated carbocycles. The van der Waals surface area contributed by atoms with Crippen molar-refractivity contribution in [3.8, 4) is 0 Å². The Bertz CT molecular complexity index is 1160. The van der Waals surface area contributed by atoms with E-state index in [0.717, 1.165) is 10.5 Å². The molecule has 4 rings (SSSR count). The van der Waals surface area contributed by atoms with Crippen LogP contribution in [0.3, 0.4) is 0 Å². The van der Waals surface area contributed by atoms with Crippen LogP contribution in [0.1, 0.15) is 42.6 Å². The Labute approximate surface area is 195 Å². The van der Waals surface area contributed by atoms with E-state index in [1.54, 1.807) is 32.0 Å². The van der Waals surface area contributed by atoms with Gasteiger partial charge in [0.25, 0.3) is 11.8 Å². The van der Waals surface area contributed by atoms with Gasteiger partial charge in [-0.2, -0.15) is 13.2 Å². The van der Waals surface area contributed by atoms with Crippen LogP contribution in [0.5, 0.6) is 0 Å². The number of allylic oxidation sites excluding steroid dienone is 1. The van der Waals surface area contributed by atoms with E-state index in [4.69, 9.17) is 0 Å². The van der Waals surface area contributed by atoms with E-state index >= 15 is 0 Å². The van der Waals surface area contributed by atoms with E-state index in [9.17, 15) is 27.6 Å². The molecule has 1 atom stereocenters. The quantitative estimate of drug-likeness (QED) is 0.703. The summed E-state index contributed by atoms with van der Waals surface area (Å²) < 4.78 is 44.3. The molecule has 0 saturated heterocycles. The van der Waals surface area contributed by atoms with Crippen molar-refractivity contribution in [2.24, 2.45) is 5.41 Å². The lowest BCUT2D eigenvalue weighted by atomic mass is 9.72. The Hall–Kier alpha value is -3.42. The summed E-state index contributed by atoms with van der Waals surface area (Å²) >= 11 is 0. The summed E-state index contributed by atoms with van der Waals surface area (Å²) in [6, 6.07) is 16.4. The Balaban J connectivity index is 1.81. The minimum absolute atomic E-state index is 0.0348. The average Bonchev–Trinajstić information content (AvgIpc) is 3.00. The fourth-order valence-electron chi connectivity index (χ4n) is 4.78. The smallest absolute Gasteiger partial charge is 0.326 e. The zero-order chi connectivity index (χ0) is 24.7. The zero-order valence-corrected chi connectivity index (χ0v) is 18.9. The summed E-state index contributed by atoms with van der Waals surface area (Å²) in [4.78, 5) is 40.7. The molecule has 34 heavy (non-hydrogen) atoms. The van der Waals surface area contributed by atoms with Crippen molar-refractivity contribution in [1.82, 2.24) is 10.2 Å². The van der Waals surface area contributed by atoms with Gasteiger partial charge in [-0.3, -0.25) is 14.4 Å². The molecule has 1 heterocycles. The monoisotopic (exact) mass is 470 g/mol. The summed E-state index contributed by atoms with van der Waals surface area (Å²) in [5.41, 5.74) is -3.83. The highest BCUT2D eigenvalue weighted by Gasteiger charge is 2.71. The second-order valence-corrected chi connectivity index (χ2v) is 9.52. The summed E-state index contributed by atoms with van der Waals surface area (Å²) in [5, 5.41) is 1.95. The number of rotatable bonds is 5. The lowest BCUT2D eigenvalue weighted by Crippen LogP contribution is -2.66. The van der Waals surface area contributed by atoms with Gasteiger partial charge in [-0.25, -0.2) is 0 Å². The predicted molar refractivity (Wildman–Crippen MR) is 120 cm³/mol. The molecule has 1 N–H and O–H groups in total. The number of nitrogens with zero attached hydrogens (tertiary/aromatic N) is 1. The van der Waals surface area contributed by atoms with Crippen LogP contribution in [0, 0.1) is 5.41 Å². The Morgan fingerprint density at radius 3 is 2.15 bits per heavy atom. The molecule has 0 fully saturated rings. The van der Waals surface area contributed by atoms with Crippen LogP contribution in [-0.2, 0) is 16.0 Å². The first-order chi connectivity index (χ1) is 16.0. The summed E-state index contributed by atoms with van der Waals surface area (Å²) in [7, 11) is 0. The van der Waals surface area contributed by atoms with E-state index < -0.39 is 40.3 Å². The number of Topliss-reactive ketones (excluding diaryl/α,β-unsaturated/α-hetero) is 1. The number of nitrogens with one attached hydrogen (secondary N) is 1. The van der Waals surface area contributed by atoms with Crippen molar-refractivity contribution < 1.29 is 27.6 Å². The lowest BCUT2D eigenvalue weighted by Gasteiger charge is -2.35. The summed E-state index contributed by atoms with van der Waals surface area (Å²) in [5.74, 6) is -3.18.